The van der Waals surface area contributed by atoms with E-state index < -0.39 is 11.8 Å². The van der Waals surface area contributed by atoms with Crippen LogP contribution in [0.15, 0.2) is 18.2 Å². The van der Waals surface area contributed by atoms with Crippen LogP contribution in [0, 0.1) is 5.82 Å². The minimum absolute atomic E-state index is 0.00977. The smallest absolute Gasteiger partial charge is 0.338 e. The molecule has 3 nitrogen and oxygen atoms in total. The van der Waals surface area contributed by atoms with Crippen LogP contribution < -0.4 is 0 Å². The molecule has 0 aromatic heterocycles. The van der Waals surface area contributed by atoms with Gasteiger partial charge in [-0.15, -0.1) is 0 Å². The Morgan fingerprint density at radius 3 is 2.50 bits per heavy atom. The summed E-state index contributed by atoms with van der Waals surface area (Å²) in [5, 5.41) is 0. The molecule has 0 saturated carbocycles. The van der Waals surface area contributed by atoms with Gasteiger partial charge in [0.15, 0.2) is 5.78 Å². The molecule has 0 spiro atoms. The molecule has 0 radical (unpaired) electrons. The average Bonchev–Trinajstić information content (AvgIpc) is 2.28. The molecule has 0 saturated heterocycles. The van der Waals surface area contributed by atoms with E-state index in [4.69, 9.17) is 4.74 Å². The predicted octanol–water partition coefficient (Wildman–Crippen LogP) is 2.60. The molecule has 0 aliphatic rings. The maximum Gasteiger partial charge on any atom is 0.338 e. The van der Waals surface area contributed by atoms with Gasteiger partial charge >= 0.3 is 5.97 Å². The van der Waals surface area contributed by atoms with E-state index in [1.54, 1.807) is 13.8 Å². The number of carbonyl (C=O) groups is 2. The maximum absolute atomic E-state index is 13.5. The zero-order valence-corrected chi connectivity index (χ0v) is 9.25. The Morgan fingerprint density at radius 1 is 1.31 bits per heavy atom. The summed E-state index contributed by atoms with van der Waals surface area (Å²) >= 11 is 0. The third kappa shape index (κ3) is 2.66. The highest BCUT2D eigenvalue weighted by atomic mass is 19.1. The Bertz CT molecular complexity index is 413. The summed E-state index contributed by atoms with van der Waals surface area (Å²) in [5.41, 5.74) is 0.127. The predicted molar refractivity (Wildman–Crippen MR) is 57.0 cm³/mol. The van der Waals surface area contributed by atoms with Gasteiger partial charge in [-0.25, -0.2) is 9.18 Å². The van der Waals surface area contributed by atoms with Gasteiger partial charge < -0.3 is 4.74 Å². The van der Waals surface area contributed by atoms with Gasteiger partial charge in [0.2, 0.25) is 0 Å². The lowest BCUT2D eigenvalue weighted by Gasteiger charge is -2.04. The summed E-state index contributed by atoms with van der Waals surface area (Å²) in [6.07, 6.45) is 0.232. The number of ketones is 1. The molecule has 1 rings (SSSR count). The molecule has 16 heavy (non-hydrogen) atoms. The Kier molecular flexibility index (Phi) is 4.17. The van der Waals surface area contributed by atoms with Crippen LogP contribution in [0.25, 0.3) is 0 Å². The van der Waals surface area contributed by atoms with Crippen LogP contribution in [-0.4, -0.2) is 18.4 Å². The van der Waals surface area contributed by atoms with Crippen molar-refractivity contribution in [3.05, 3.63) is 35.1 Å². The maximum atomic E-state index is 13.5. The van der Waals surface area contributed by atoms with Gasteiger partial charge in [0.05, 0.1) is 17.7 Å². The van der Waals surface area contributed by atoms with E-state index in [0.29, 0.717) is 0 Å². The second kappa shape index (κ2) is 5.39. The van der Waals surface area contributed by atoms with Crippen LogP contribution in [0.2, 0.25) is 0 Å². The minimum Gasteiger partial charge on any atom is -0.462 e. The van der Waals surface area contributed by atoms with Gasteiger partial charge in [0.25, 0.3) is 0 Å². The number of carbonyl (C=O) groups excluding carboxylic acids is 2. The molecule has 0 heterocycles. The van der Waals surface area contributed by atoms with Crippen molar-refractivity contribution < 1.29 is 18.7 Å². The van der Waals surface area contributed by atoms with Crippen molar-refractivity contribution >= 4 is 11.8 Å². The van der Waals surface area contributed by atoms with Crippen LogP contribution in [-0.2, 0) is 4.74 Å². The summed E-state index contributed by atoms with van der Waals surface area (Å²) in [7, 11) is 0. The number of halogens is 1. The molecular weight excluding hydrogens is 211 g/mol. The molecule has 0 unspecified atom stereocenters. The molecule has 0 aliphatic heterocycles. The van der Waals surface area contributed by atoms with Crippen LogP contribution in [0.3, 0.4) is 0 Å². The van der Waals surface area contributed by atoms with Crippen LogP contribution in [0.5, 0.6) is 0 Å². The molecule has 0 amide bonds. The Hall–Kier alpha value is -1.71. The molecule has 86 valence electrons. The number of Topliss-reactive ketones (excluding diaryl/α,β-unsaturated/α-hetero) is 1. The zero-order chi connectivity index (χ0) is 12.1. The Labute approximate surface area is 93.2 Å². The molecule has 1 aromatic rings. The monoisotopic (exact) mass is 224 g/mol. The molecule has 0 atom stereocenters. The van der Waals surface area contributed by atoms with E-state index in [1.807, 2.05) is 0 Å². The largest absolute Gasteiger partial charge is 0.462 e. The summed E-state index contributed by atoms with van der Waals surface area (Å²) in [4.78, 5) is 22.6. The van der Waals surface area contributed by atoms with Gasteiger partial charge in [-0.3, -0.25) is 4.79 Å². The number of rotatable bonds is 4. The zero-order valence-electron chi connectivity index (χ0n) is 9.25. The number of esters is 1. The third-order valence-corrected chi connectivity index (χ3v) is 2.10. The lowest BCUT2D eigenvalue weighted by Crippen LogP contribution is -2.07. The molecule has 4 heteroatoms. The number of hydrogen-bond donors (Lipinski definition) is 0. The van der Waals surface area contributed by atoms with Crippen LogP contribution in [0.1, 0.15) is 41.0 Å². The first kappa shape index (κ1) is 12.4. The normalized spacial score (nSPS) is 9.94. The van der Waals surface area contributed by atoms with Crippen molar-refractivity contribution in [1.82, 2.24) is 0 Å². The highest BCUT2D eigenvalue weighted by Gasteiger charge is 2.13. The minimum atomic E-state index is -0.683. The van der Waals surface area contributed by atoms with Crippen molar-refractivity contribution in [3.63, 3.8) is 0 Å². The first-order valence-electron chi connectivity index (χ1n) is 5.10. The topological polar surface area (TPSA) is 43.4 Å². The van der Waals surface area contributed by atoms with Crippen LogP contribution >= 0.6 is 0 Å². The Morgan fingerprint density at radius 2 is 2.00 bits per heavy atom. The van der Waals surface area contributed by atoms with Crippen molar-refractivity contribution in [2.75, 3.05) is 6.61 Å². The van der Waals surface area contributed by atoms with Crippen molar-refractivity contribution in [2.24, 2.45) is 0 Å². The summed E-state index contributed by atoms with van der Waals surface area (Å²) in [6.45, 7) is 3.56. The quantitative estimate of drug-likeness (QED) is 0.583. The molecule has 0 fully saturated rings. The number of hydrogen-bond acceptors (Lipinski definition) is 3. The van der Waals surface area contributed by atoms with Gasteiger partial charge in [-0.1, -0.05) is 6.92 Å². The van der Waals surface area contributed by atoms with E-state index in [0.717, 1.165) is 6.07 Å². The summed E-state index contributed by atoms with van der Waals surface area (Å²) in [5.74, 6) is -1.55. The fourth-order valence-electron chi connectivity index (χ4n) is 1.27. The summed E-state index contributed by atoms with van der Waals surface area (Å²) < 4.78 is 18.2. The summed E-state index contributed by atoms with van der Waals surface area (Å²) in [6, 6.07) is 3.73. The van der Waals surface area contributed by atoms with Crippen molar-refractivity contribution in [2.45, 2.75) is 20.3 Å². The molecule has 0 aliphatic carbocycles. The first-order valence-corrected chi connectivity index (χ1v) is 5.10. The Balaban J connectivity index is 2.99. The van der Waals surface area contributed by atoms with E-state index in [1.165, 1.54) is 12.1 Å². The molecular formula is C12H13FO3. The lowest BCUT2D eigenvalue weighted by atomic mass is 10.1. The third-order valence-electron chi connectivity index (χ3n) is 2.10. The van der Waals surface area contributed by atoms with Crippen molar-refractivity contribution in [1.29, 1.82) is 0 Å². The number of ether oxygens (including phenoxy) is 1. The van der Waals surface area contributed by atoms with Gasteiger partial charge in [-0.2, -0.15) is 0 Å². The van der Waals surface area contributed by atoms with Gasteiger partial charge in [0.1, 0.15) is 5.82 Å². The second-order valence-corrected chi connectivity index (χ2v) is 3.19. The molecule has 0 bridgehead atoms. The van der Waals surface area contributed by atoms with Crippen LogP contribution in [0.4, 0.5) is 4.39 Å². The molecule has 1 aromatic carbocycles. The van der Waals surface area contributed by atoms with E-state index in [2.05, 4.69) is 0 Å². The standard InChI is InChI=1S/C12H13FO3/c1-3-11(14)9-6-5-8(7-10(9)13)12(15)16-4-2/h5-7H,3-4H2,1-2H3. The number of benzene rings is 1. The SMILES string of the molecule is CCOC(=O)c1ccc(C(=O)CC)c(F)c1. The second-order valence-electron chi connectivity index (χ2n) is 3.19. The first-order chi connectivity index (χ1) is 7.60. The fourth-order valence-corrected chi connectivity index (χ4v) is 1.27. The van der Waals surface area contributed by atoms with E-state index >= 15 is 0 Å². The fraction of sp³-hybridized carbons (Fsp3) is 0.333. The highest BCUT2D eigenvalue weighted by molar-refractivity contribution is 5.97. The van der Waals surface area contributed by atoms with E-state index in [9.17, 15) is 14.0 Å². The van der Waals surface area contributed by atoms with Crippen molar-refractivity contribution in [3.8, 4) is 0 Å². The van der Waals surface area contributed by atoms with Gasteiger partial charge in [-0.05, 0) is 25.1 Å². The molecule has 0 N–H and O–H groups in total. The lowest BCUT2D eigenvalue weighted by molar-refractivity contribution is 0.0525. The van der Waals surface area contributed by atoms with Gasteiger partial charge in [0, 0.05) is 6.42 Å². The van der Waals surface area contributed by atoms with E-state index in [-0.39, 0.29) is 29.9 Å². The highest BCUT2D eigenvalue weighted by Crippen LogP contribution is 2.13. The average molecular weight is 224 g/mol.